The van der Waals surface area contributed by atoms with Crippen molar-refractivity contribution < 1.29 is 9.53 Å². The predicted octanol–water partition coefficient (Wildman–Crippen LogP) is 2.93. The standard InChI is InChI=1S/C16H24N2O2/c1-4-20-16(19)13-6-5-7-14(15(13)17)18-9-11(2)8-12(3)10-18/h5-7,11-12H,4,8-10,17H2,1-3H3. The summed E-state index contributed by atoms with van der Waals surface area (Å²) in [5.74, 6) is 0.943. The molecule has 4 nitrogen and oxygen atoms in total. The Labute approximate surface area is 120 Å². The molecule has 1 aliphatic heterocycles. The number of carbonyl (C=O) groups excluding carboxylic acids is 1. The van der Waals surface area contributed by atoms with E-state index in [2.05, 4.69) is 18.7 Å². The average molecular weight is 276 g/mol. The Morgan fingerprint density at radius 3 is 2.60 bits per heavy atom. The Morgan fingerprint density at radius 2 is 2.00 bits per heavy atom. The molecule has 0 saturated carbocycles. The van der Waals surface area contributed by atoms with Gasteiger partial charge < -0.3 is 15.4 Å². The molecule has 1 heterocycles. The fraction of sp³-hybridized carbons (Fsp3) is 0.562. The third-order valence-corrected chi connectivity index (χ3v) is 3.79. The number of carbonyl (C=O) groups is 1. The maximum absolute atomic E-state index is 11.9. The Hall–Kier alpha value is -1.71. The van der Waals surface area contributed by atoms with Crippen LogP contribution in [0.5, 0.6) is 0 Å². The molecule has 20 heavy (non-hydrogen) atoms. The number of rotatable bonds is 3. The van der Waals surface area contributed by atoms with Gasteiger partial charge in [-0.1, -0.05) is 19.9 Å². The molecule has 0 aromatic heterocycles. The highest BCUT2D eigenvalue weighted by Crippen LogP contribution is 2.32. The molecule has 2 atom stereocenters. The van der Waals surface area contributed by atoms with E-state index in [0.29, 0.717) is 29.7 Å². The van der Waals surface area contributed by atoms with Gasteiger partial charge in [0.2, 0.25) is 0 Å². The van der Waals surface area contributed by atoms with Crippen molar-refractivity contribution in [1.82, 2.24) is 0 Å². The van der Waals surface area contributed by atoms with Gasteiger partial charge in [-0.3, -0.25) is 0 Å². The molecule has 2 rings (SSSR count). The number of hydrogen-bond donors (Lipinski definition) is 1. The second kappa shape index (κ2) is 6.16. The fourth-order valence-electron chi connectivity index (χ4n) is 3.08. The van der Waals surface area contributed by atoms with Crippen LogP contribution in [0.4, 0.5) is 11.4 Å². The lowest BCUT2D eigenvalue weighted by Crippen LogP contribution is -2.39. The minimum Gasteiger partial charge on any atom is -0.462 e. The van der Waals surface area contributed by atoms with Crippen LogP contribution in [-0.2, 0) is 4.74 Å². The molecule has 1 aromatic rings. The van der Waals surface area contributed by atoms with Crippen LogP contribution in [-0.4, -0.2) is 25.7 Å². The second-order valence-corrected chi connectivity index (χ2v) is 5.81. The van der Waals surface area contributed by atoms with Crippen molar-refractivity contribution in [3.8, 4) is 0 Å². The van der Waals surface area contributed by atoms with Crippen molar-refractivity contribution in [2.75, 3.05) is 30.3 Å². The molecule has 1 aliphatic rings. The summed E-state index contributed by atoms with van der Waals surface area (Å²) in [5, 5.41) is 0. The van der Waals surface area contributed by atoms with E-state index < -0.39 is 0 Å². The average Bonchev–Trinajstić information content (AvgIpc) is 2.38. The Bertz CT molecular complexity index is 477. The summed E-state index contributed by atoms with van der Waals surface area (Å²) < 4.78 is 5.06. The van der Waals surface area contributed by atoms with Crippen LogP contribution in [0, 0.1) is 11.8 Å². The van der Waals surface area contributed by atoms with Gasteiger partial charge in [-0.2, -0.15) is 0 Å². The highest BCUT2D eigenvalue weighted by atomic mass is 16.5. The van der Waals surface area contributed by atoms with Crippen molar-refractivity contribution in [2.45, 2.75) is 27.2 Å². The predicted molar refractivity (Wildman–Crippen MR) is 82.0 cm³/mol. The number of nitrogens with two attached hydrogens (primary N) is 1. The lowest BCUT2D eigenvalue weighted by Gasteiger charge is -2.37. The number of ether oxygens (including phenoxy) is 1. The zero-order valence-corrected chi connectivity index (χ0v) is 12.6. The van der Waals surface area contributed by atoms with Gasteiger partial charge in [-0.05, 0) is 37.3 Å². The molecule has 1 fully saturated rings. The van der Waals surface area contributed by atoms with Gasteiger partial charge in [0.1, 0.15) is 0 Å². The lowest BCUT2D eigenvalue weighted by atomic mass is 9.91. The van der Waals surface area contributed by atoms with Crippen molar-refractivity contribution >= 4 is 17.3 Å². The number of benzene rings is 1. The van der Waals surface area contributed by atoms with Crippen LogP contribution < -0.4 is 10.6 Å². The zero-order chi connectivity index (χ0) is 14.7. The van der Waals surface area contributed by atoms with E-state index in [4.69, 9.17) is 10.5 Å². The zero-order valence-electron chi connectivity index (χ0n) is 12.6. The number of piperidine rings is 1. The monoisotopic (exact) mass is 276 g/mol. The summed E-state index contributed by atoms with van der Waals surface area (Å²) in [6, 6.07) is 5.60. The number of nitrogens with zero attached hydrogens (tertiary/aromatic N) is 1. The van der Waals surface area contributed by atoms with Crippen LogP contribution in [0.15, 0.2) is 18.2 Å². The maximum Gasteiger partial charge on any atom is 0.340 e. The molecule has 2 N–H and O–H groups in total. The first-order valence-corrected chi connectivity index (χ1v) is 7.33. The quantitative estimate of drug-likeness (QED) is 0.681. The number of para-hydroxylation sites is 1. The maximum atomic E-state index is 11.9. The normalized spacial score (nSPS) is 22.6. The van der Waals surface area contributed by atoms with E-state index >= 15 is 0 Å². The van der Waals surface area contributed by atoms with Crippen LogP contribution in [0.25, 0.3) is 0 Å². The van der Waals surface area contributed by atoms with E-state index in [1.165, 1.54) is 6.42 Å². The summed E-state index contributed by atoms with van der Waals surface area (Å²) in [5.41, 5.74) is 8.15. The van der Waals surface area contributed by atoms with E-state index in [1.54, 1.807) is 13.0 Å². The van der Waals surface area contributed by atoms with E-state index in [-0.39, 0.29) is 5.97 Å². The Kier molecular flexibility index (Phi) is 4.53. The Balaban J connectivity index is 2.28. The minimum atomic E-state index is -0.343. The largest absolute Gasteiger partial charge is 0.462 e. The van der Waals surface area contributed by atoms with Gasteiger partial charge in [-0.25, -0.2) is 4.79 Å². The van der Waals surface area contributed by atoms with Crippen molar-refractivity contribution in [2.24, 2.45) is 11.8 Å². The van der Waals surface area contributed by atoms with E-state index in [1.807, 2.05) is 12.1 Å². The summed E-state index contributed by atoms with van der Waals surface area (Å²) in [6.07, 6.45) is 1.24. The highest BCUT2D eigenvalue weighted by molar-refractivity contribution is 5.98. The molecular weight excluding hydrogens is 252 g/mol. The second-order valence-electron chi connectivity index (χ2n) is 5.81. The van der Waals surface area contributed by atoms with Crippen LogP contribution in [0.3, 0.4) is 0 Å². The van der Waals surface area contributed by atoms with Crippen LogP contribution >= 0.6 is 0 Å². The number of hydrogen-bond acceptors (Lipinski definition) is 4. The van der Waals surface area contributed by atoms with Gasteiger partial charge in [0.05, 0.1) is 23.5 Å². The molecule has 0 radical (unpaired) electrons. The molecule has 0 bridgehead atoms. The molecule has 1 saturated heterocycles. The molecule has 2 unspecified atom stereocenters. The SMILES string of the molecule is CCOC(=O)c1cccc(N2CC(C)CC(C)C2)c1N. The lowest BCUT2D eigenvalue weighted by molar-refractivity contribution is 0.0527. The van der Waals surface area contributed by atoms with Gasteiger partial charge in [0, 0.05) is 13.1 Å². The summed E-state index contributed by atoms with van der Waals surface area (Å²) in [7, 11) is 0. The molecule has 0 amide bonds. The molecule has 1 aromatic carbocycles. The van der Waals surface area contributed by atoms with Crippen LogP contribution in [0.1, 0.15) is 37.6 Å². The first-order valence-electron chi connectivity index (χ1n) is 7.33. The van der Waals surface area contributed by atoms with Gasteiger partial charge in [-0.15, -0.1) is 0 Å². The van der Waals surface area contributed by atoms with Gasteiger partial charge in [0.15, 0.2) is 0 Å². The van der Waals surface area contributed by atoms with Crippen molar-refractivity contribution in [3.63, 3.8) is 0 Å². The first-order chi connectivity index (χ1) is 9.52. The Morgan fingerprint density at radius 1 is 1.35 bits per heavy atom. The van der Waals surface area contributed by atoms with E-state index in [0.717, 1.165) is 18.8 Å². The van der Waals surface area contributed by atoms with Gasteiger partial charge >= 0.3 is 5.97 Å². The molecular formula is C16H24N2O2. The topological polar surface area (TPSA) is 55.6 Å². The van der Waals surface area contributed by atoms with Crippen molar-refractivity contribution in [1.29, 1.82) is 0 Å². The third kappa shape index (κ3) is 3.06. The molecule has 110 valence electrons. The van der Waals surface area contributed by atoms with Crippen LogP contribution in [0.2, 0.25) is 0 Å². The summed E-state index contributed by atoms with van der Waals surface area (Å²) >= 11 is 0. The summed E-state index contributed by atoms with van der Waals surface area (Å²) in [4.78, 5) is 14.2. The van der Waals surface area contributed by atoms with Gasteiger partial charge in [0.25, 0.3) is 0 Å². The minimum absolute atomic E-state index is 0.343. The third-order valence-electron chi connectivity index (χ3n) is 3.79. The van der Waals surface area contributed by atoms with Crippen molar-refractivity contribution in [3.05, 3.63) is 23.8 Å². The van der Waals surface area contributed by atoms with E-state index in [9.17, 15) is 4.79 Å². The molecule has 4 heteroatoms. The highest BCUT2D eigenvalue weighted by Gasteiger charge is 2.24. The molecule has 0 spiro atoms. The summed E-state index contributed by atoms with van der Waals surface area (Å²) in [6.45, 7) is 8.65. The molecule has 0 aliphatic carbocycles. The number of esters is 1. The number of anilines is 2. The fourth-order valence-corrected chi connectivity index (χ4v) is 3.08. The number of nitrogen functional groups attached to an aromatic ring is 1. The first kappa shape index (κ1) is 14.7. The smallest absolute Gasteiger partial charge is 0.340 e.